The molecule has 2 amide bonds. The molecule has 0 aliphatic carbocycles. The van der Waals surface area contributed by atoms with E-state index in [0.717, 1.165) is 0 Å². The highest BCUT2D eigenvalue weighted by Gasteiger charge is 2.31. The maximum Gasteiger partial charge on any atom is 0.270 e. The number of amides is 2. The van der Waals surface area contributed by atoms with E-state index in [2.05, 4.69) is 10.3 Å². The first-order valence-electron chi connectivity index (χ1n) is 7.09. The molecule has 1 aromatic heterocycles. The van der Waals surface area contributed by atoms with Crippen molar-refractivity contribution in [2.24, 2.45) is 5.92 Å². The second-order valence-electron chi connectivity index (χ2n) is 5.50. The highest BCUT2D eigenvalue weighted by Crippen LogP contribution is 2.19. The molecule has 2 heterocycles. The number of methoxy groups -OCH3 is 1. The number of hydrogen-bond donors (Lipinski definition) is 1. The van der Waals surface area contributed by atoms with Crippen LogP contribution in [-0.2, 0) is 4.79 Å². The number of likely N-dealkylation sites (tertiary alicyclic amines) is 1. The number of carbonyl (C=O) groups is 2. The summed E-state index contributed by atoms with van der Waals surface area (Å²) in [5, 5.41) is 2.84. The van der Waals surface area contributed by atoms with Crippen molar-refractivity contribution in [2.45, 2.75) is 26.3 Å². The largest absolute Gasteiger partial charge is 0.497 e. The number of rotatable bonds is 5. The number of ether oxygens (including phenoxy) is 1. The van der Waals surface area contributed by atoms with Crippen molar-refractivity contribution >= 4 is 11.8 Å². The van der Waals surface area contributed by atoms with Crippen LogP contribution in [0, 0.1) is 5.92 Å². The van der Waals surface area contributed by atoms with Crippen LogP contribution < -0.4 is 10.1 Å². The normalized spacial score (nSPS) is 18.2. The summed E-state index contributed by atoms with van der Waals surface area (Å²) in [4.78, 5) is 29.7. The lowest BCUT2D eigenvalue weighted by atomic mass is 10.1. The fraction of sp³-hybridized carbons (Fsp3) is 0.533. The Labute approximate surface area is 124 Å². The summed E-state index contributed by atoms with van der Waals surface area (Å²) in [6.45, 7) is 5.17. The van der Waals surface area contributed by atoms with E-state index >= 15 is 0 Å². The molecular formula is C15H21N3O3. The zero-order valence-corrected chi connectivity index (χ0v) is 12.6. The lowest BCUT2D eigenvalue weighted by Gasteiger charge is -2.21. The van der Waals surface area contributed by atoms with Crippen molar-refractivity contribution < 1.29 is 14.3 Å². The Morgan fingerprint density at radius 1 is 1.57 bits per heavy atom. The standard InChI is InChI=1S/C15H21N3O3/c1-10(2)18-9-11(6-14(18)19)8-17-15(20)13-7-12(21-3)4-5-16-13/h4-5,7,10-11H,6,8-9H2,1-3H3,(H,17,20). The number of carbonyl (C=O) groups excluding carboxylic acids is 2. The number of pyridine rings is 1. The van der Waals surface area contributed by atoms with Gasteiger partial charge in [0.15, 0.2) is 0 Å². The van der Waals surface area contributed by atoms with E-state index < -0.39 is 0 Å². The van der Waals surface area contributed by atoms with E-state index in [1.54, 1.807) is 19.2 Å². The number of nitrogens with zero attached hydrogens (tertiary/aromatic N) is 2. The molecule has 1 unspecified atom stereocenters. The van der Waals surface area contributed by atoms with Crippen molar-refractivity contribution in [3.05, 3.63) is 24.0 Å². The van der Waals surface area contributed by atoms with Gasteiger partial charge in [-0.1, -0.05) is 0 Å². The first kappa shape index (κ1) is 15.3. The van der Waals surface area contributed by atoms with E-state index in [9.17, 15) is 9.59 Å². The van der Waals surface area contributed by atoms with Crippen LogP contribution >= 0.6 is 0 Å². The maximum absolute atomic E-state index is 12.0. The number of aromatic nitrogens is 1. The molecule has 21 heavy (non-hydrogen) atoms. The zero-order chi connectivity index (χ0) is 15.4. The summed E-state index contributed by atoms with van der Waals surface area (Å²) in [7, 11) is 1.54. The molecular weight excluding hydrogens is 270 g/mol. The average Bonchev–Trinajstić information content (AvgIpc) is 2.86. The Morgan fingerprint density at radius 2 is 2.33 bits per heavy atom. The third-order valence-electron chi connectivity index (χ3n) is 3.61. The van der Waals surface area contributed by atoms with E-state index in [1.165, 1.54) is 6.20 Å². The van der Waals surface area contributed by atoms with Crippen LogP contribution in [0.4, 0.5) is 0 Å². The smallest absolute Gasteiger partial charge is 0.270 e. The molecule has 6 nitrogen and oxygen atoms in total. The van der Waals surface area contributed by atoms with Gasteiger partial charge in [0.05, 0.1) is 7.11 Å². The molecule has 1 N–H and O–H groups in total. The van der Waals surface area contributed by atoms with Crippen LogP contribution in [0.2, 0.25) is 0 Å². The van der Waals surface area contributed by atoms with Crippen LogP contribution in [0.5, 0.6) is 5.75 Å². The van der Waals surface area contributed by atoms with Gasteiger partial charge in [-0.2, -0.15) is 0 Å². The van der Waals surface area contributed by atoms with Gasteiger partial charge >= 0.3 is 0 Å². The summed E-state index contributed by atoms with van der Waals surface area (Å²) >= 11 is 0. The number of nitrogens with one attached hydrogen (secondary N) is 1. The quantitative estimate of drug-likeness (QED) is 0.881. The molecule has 1 aromatic rings. The molecule has 6 heteroatoms. The van der Waals surface area contributed by atoms with Crippen LogP contribution in [0.3, 0.4) is 0 Å². The molecule has 1 fully saturated rings. The van der Waals surface area contributed by atoms with Gasteiger partial charge < -0.3 is 15.0 Å². The SMILES string of the molecule is COc1ccnc(C(=O)NCC2CC(=O)N(C(C)C)C2)c1. The molecule has 1 aliphatic rings. The van der Waals surface area contributed by atoms with Crippen molar-refractivity contribution in [1.82, 2.24) is 15.2 Å². The van der Waals surface area contributed by atoms with E-state index in [1.807, 2.05) is 18.7 Å². The average molecular weight is 291 g/mol. The van der Waals surface area contributed by atoms with Crippen LogP contribution in [-0.4, -0.2) is 47.9 Å². The molecule has 0 radical (unpaired) electrons. The van der Waals surface area contributed by atoms with Crippen LogP contribution in [0.15, 0.2) is 18.3 Å². The van der Waals surface area contributed by atoms with Gasteiger partial charge in [-0.05, 0) is 19.9 Å². The second-order valence-corrected chi connectivity index (χ2v) is 5.50. The Hall–Kier alpha value is -2.11. The predicted octanol–water partition coefficient (Wildman–Crippen LogP) is 1.08. The summed E-state index contributed by atoms with van der Waals surface area (Å²) in [5.41, 5.74) is 0.319. The molecule has 1 aliphatic heterocycles. The Balaban J connectivity index is 1.88. The Bertz CT molecular complexity index is 531. The Morgan fingerprint density at radius 3 is 2.95 bits per heavy atom. The summed E-state index contributed by atoms with van der Waals surface area (Å²) in [5.74, 6) is 0.666. The first-order chi connectivity index (χ1) is 10.0. The third kappa shape index (κ3) is 3.71. The predicted molar refractivity (Wildman–Crippen MR) is 78.1 cm³/mol. The van der Waals surface area contributed by atoms with Crippen LogP contribution in [0.25, 0.3) is 0 Å². The third-order valence-corrected chi connectivity index (χ3v) is 3.61. The summed E-state index contributed by atoms with van der Waals surface area (Å²) < 4.78 is 5.07. The van der Waals surface area contributed by atoms with Gasteiger partial charge in [-0.3, -0.25) is 14.6 Å². The maximum atomic E-state index is 12.0. The molecule has 0 aromatic carbocycles. The van der Waals surface area contributed by atoms with Gasteiger partial charge in [-0.25, -0.2) is 0 Å². The van der Waals surface area contributed by atoms with Crippen molar-refractivity contribution in [2.75, 3.05) is 20.2 Å². The minimum atomic E-state index is -0.246. The summed E-state index contributed by atoms with van der Waals surface area (Å²) in [6.07, 6.45) is 2.03. The van der Waals surface area contributed by atoms with Gasteiger partial charge in [0.25, 0.3) is 5.91 Å². The second kappa shape index (κ2) is 6.56. The van der Waals surface area contributed by atoms with Crippen LogP contribution in [0.1, 0.15) is 30.8 Å². The minimum absolute atomic E-state index is 0.156. The molecule has 2 rings (SSSR count). The van der Waals surface area contributed by atoms with Gasteiger partial charge in [0, 0.05) is 43.7 Å². The molecule has 1 atom stereocenters. The van der Waals surface area contributed by atoms with Crippen molar-refractivity contribution in [3.63, 3.8) is 0 Å². The molecule has 1 saturated heterocycles. The topological polar surface area (TPSA) is 71.5 Å². The van der Waals surface area contributed by atoms with Gasteiger partial charge in [-0.15, -0.1) is 0 Å². The summed E-state index contributed by atoms with van der Waals surface area (Å²) in [6, 6.07) is 3.49. The molecule has 114 valence electrons. The highest BCUT2D eigenvalue weighted by atomic mass is 16.5. The highest BCUT2D eigenvalue weighted by molar-refractivity contribution is 5.92. The van der Waals surface area contributed by atoms with E-state index in [-0.39, 0.29) is 23.8 Å². The molecule has 0 saturated carbocycles. The van der Waals surface area contributed by atoms with Gasteiger partial charge in [0.1, 0.15) is 11.4 Å². The number of hydrogen-bond acceptors (Lipinski definition) is 4. The lowest BCUT2D eigenvalue weighted by Crippen LogP contribution is -2.34. The molecule has 0 bridgehead atoms. The fourth-order valence-corrected chi connectivity index (χ4v) is 2.43. The van der Waals surface area contributed by atoms with Crippen molar-refractivity contribution in [3.8, 4) is 5.75 Å². The Kier molecular flexibility index (Phi) is 4.77. The van der Waals surface area contributed by atoms with Crippen molar-refractivity contribution in [1.29, 1.82) is 0 Å². The lowest BCUT2D eigenvalue weighted by molar-refractivity contribution is -0.129. The van der Waals surface area contributed by atoms with E-state index in [0.29, 0.717) is 31.0 Å². The van der Waals surface area contributed by atoms with E-state index in [4.69, 9.17) is 4.74 Å². The minimum Gasteiger partial charge on any atom is -0.497 e. The first-order valence-corrected chi connectivity index (χ1v) is 7.09. The zero-order valence-electron chi connectivity index (χ0n) is 12.6. The molecule has 0 spiro atoms. The fourth-order valence-electron chi connectivity index (χ4n) is 2.43. The van der Waals surface area contributed by atoms with Gasteiger partial charge in [0.2, 0.25) is 5.91 Å². The monoisotopic (exact) mass is 291 g/mol.